The zero-order valence-corrected chi connectivity index (χ0v) is 25.5. The molecule has 2 aliphatic heterocycles. The summed E-state index contributed by atoms with van der Waals surface area (Å²) in [4.78, 5) is 0. The molecule has 0 saturated carbocycles. The van der Waals surface area contributed by atoms with Crippen molar-refractivity contribution >= 4 is 5.70 Å². The smallest absolute Gasteiger partial charge is 0.382 e. The molecule has 228 valence electrons. The van der Waals surface area contributed by atoms with Gasteiger partial charge in [-0.25, -0.2) is 0 Å². The molecular formula is C32H48F3N5O. The van der Waals surface area contributed by atoms with Crippen LogP contribution in [0.25, 0.3) is 5.70 Å². The molecule has 2 atom stereocenters. The van der Waals surface area contributed by atoms with Crippen LogP contribution in [0.15, 0.2) is 79.7 Å². The number of aromatic nitrogens is 1. The van der Waals surface area contributed by atoms with Crippen LogP contribution in [0.5, 0.6) is 0 Å². The minimum absolute atomic E-state index is 0.287. The first-order valence-corrected chi connectivity index (χ1v) is 13.8. The minimum atomic E-state index is -4.59. The summed E-state index contributed by atoms with van der Waals surface area (Å²) in [7, 11) is 1.72. The number of hydrogen-bond donors (Lipinski definition) is 4. The van der Waals surface area contributed by atoms with Gasteiger partial charge in [-0.2, -0.15) is 13.2 Å². The molecule has 5 N–H and O–H groups in total. The Balaban J connectivity index is 0.000000588. The lowest BCUT2D eigenvalue weighted by Gasteiger charge is -2.19. The summed E-state index contributed by atoms with van der Waals surface area (Å²) >= 11 is 0. The molecule has 41 heavy (non-hydrogen) atoms. The average Bonchev–Trinajstić information content (AvgIpc) is 3.46. The highest BCUT2D eigenvalue weighted by molar-refractivity contribution is 5.53. The molecule has 4 rings (SSSR count). The van der Waals surface area contributed by atoms with E-state index in [-0.39, 0.29) is 11.1 Å². The van der Waals surface area contributed by atoms with E-state index in [1.165, 1.54) is 39.6 Å². The van der Waals surface area contributed by atoms with Gasteiger partial charge < -0.3 is 25.7 Å². The van der Waals surface area contributed by atoms with Crippen LogP contribution in [0.2, 0.25) is 0 Å². The van der Waals surface area contributed by atoms with Gasteiger partial charge in [0.15, 0.2) is 0 Å². The number of pyridine rings is 1. The molecule has 1 aromatic heterocycles. The predicted octanol–water partition coefficient (Wildman–Crippen LogP) is 6.90. The molecule has 0 fully saturated rings. The van der Waals surface area contributed by atoms with Crippen molar-refractivity contribution in [3.05, 3.63) is 107 Å². The van der Waals surface area contributed by atoms with Gasteiger partial charge in [-0.05, 0) is 60.5 Å². The van der Waals surface area contributed by atoms with Crippen LogP contribution in [-0.2, 0) is 17.8 Å². The summed E-state index contributed by atoms with van der Waals surface area (Å²) in [5, 5.41) is 14.2. The third-order valence-electron chi connectivity index (χ3n) is 5.85. The summed E-state index contributed by atoms with van der Waals surface area (Å²) in [5.41, 5.74) is 9.63. The van der Waals surface area contributed by atoms with Crippen molar-refractivity contribution in [3.63, 3.8) is 0 Å². The maximum atomic E-state index is 12.6. The molecule has 2 unspecified atom stereocenters. The van der Waals surface area contributed by atoms with Crippen LogP contribution in [0.4, 0.5) is 13.2 Å². The molecule has 1 aromatic carbocycles. The number of methoxy groups -OCH3 is 1. The second-order valence-corrected chi connectivity index (χ2v) is 8.72. The fraction of sp³-hybridized carbons (Fsp3) is 0.406. The minimum Gasteiger partial charge on any atom is -0.382 e. The van der Waals surface area contributed by atoms with Gasteiger partial charge in [0, 0.05) is 37.7 Å². The van der Waals surface area contributed by atoms with Crippen molar-refractivity contribution in [1.29, 1.82) is 5.41 Å². The van der Waals surface area contributed by atoms with Crippen LogP contribution in [0, 0.1) is 12.3 Å². The van der Waals surface area contributed by atoms with Crippen molar-refractivity contribution in [2.24, 2.45) is 5.73 Å². The molecule has 0 spiro atoms. The second-order valence-electron chi connectivity index (χ2n) is 8.72. The summed E-state index contributed by atoms with van der Waals surface area (Å²) in [5.74, 6) is 0. The molecule has 0 amide bonds. The lowest BCUT2D eigenvalue weighted by Crippen LogP contribution is -2.35. The Bertz CT molecular complexity index is 1180. The first kappa shape index (κ1) is 37.6. The van der Waals surface area contributed by atoms with Crippen LogP contribution in [0.1, 0.15) is 62.9 Å². The summed E-state index contributed by atoms with van der Waals surface area (Å²) in [6.07, 6.45) is 4.33. The fourth-order valence-corrected chi connectivity index (χ4v) is 3.70. The average molecular weight is 576 g/mol. The number of rotatable bonds is 5. The third-order valence-corrected chi connectivity index (χ3v) is 5.85. The van der Waals surface area contributed by atoms with Crippen LogP contribution in [-0.4, -0.2) is 30.5 Å². The van der Waals surface area contributed by atoms with Gasteiger partial charge in [0.1, 0.15) is 11.5 Å². The van der Waals surface area contributed by atoms with E-state index in [9.17, 15) is 13.2 Å². The Morgan fingerprint density at radius 1 is 1.17 bits per heavy atom. The lowest BCUT2D eigenvalue weighted by atomic mass is 10.1. The highest BCUT2D eigenvalue weighted by Gasteiger charge is 2.39. The van der Waals surface area contributed by atoms with Crippen LogP contribution in [0.3, 0.4) is 0 Å². The summed E-state index contributed by atoms with van der Waals surface area (Å²) in [6, 6.07) is 7.97. The number of allylic oxidation sites excluding steroid dienone is 4. The Hall–Kier alpha value is -3.40. The molecule has 0 radical (unpaired) electrons. The maximum absolute atomic E-state index is 12.6. The van der Waals surface area contributed by atoms with Crippen LogP contribution < -0.4 is 21.9 Å². The number of ether oxygens (including phenoxy) is 1. The largest absolute Gasteiger partial charge is 0.407 e. The zero-order chi connectivity index (χ0) is 31.6. The van der Waals surface area contributed by atoms with E-state index in [2.05, 4.69) is 61.1 Å². The van der Waals surface area contributed by atoms with Crippen molar-refractivity contribution < 1.29 is 17.9 Å². The summed E-state index contributed by atoms with van der Waals surface area (Å²) in [6.45, 7) is 21.7. The third kappa shape index (κ3) is 12.3. The number of hydrogen-bond acceptors (Lipinski definition) is 5. The first-order valence-electron chi connectivity index (χ1n) is 13.8. The Morgan fingerprint density at radius 2 is 1.73 bits per heavy atom. The van der Waals surface area contributed by atoms with Gasteiger partial charge in [-0.15, -0.1) is 0 Å². The van der Waals surface area contributed by atoms with E-state index in [4.69, 9.17) is 15.9 Å². The van der Waals surface area contributed by atoms with Crippen molar-refractivity contribution in [3.8, 4) is 0 Å². The Kier molecular flexibility index (Phi) is 18.0. The van der Waals surface area contributed by atoms with Gasteiger partial charge in [0.2, 0.25) is 0 Å². The molecule has 2 aliphatic rings. The van der Waals surface area contributed by atoms with Crippen LogP contribution >= 0.6 is 0 Å². The number of alkyl halides is 3. The number of aryl methyl sites for hydroxylation is 1. The Morgan fingerprint density at radius 3 is 2.20 bits per heavy atom. The molecule has 0 saturated heterocycles. The number of nitrogens with two attached hydrogens (primary N) is 1. The van der Waals surface area contributed by atoms with E-state index < -0.39 is 12.2 Å². The van der Waals surface area contributed by atoms with Gasteiger partial charge in [0.25, 0.3) is 0 Å². The van der Waals surface area contributed by atoms with E-state index in [0.29, 0.717) is 17.3 Å². The van der Waals surface area contributed by atoms with E-state index in [1.807, 2.05) is 40.0 Å². The standard InChI is InChI=1S/C12H14F3N3.C8H13NO.C8H9N.2C2H6/c1-4-8(3)18-6-7(2)5-9(11(18)17)10(16)12(13,14)15;1-7-4-3-5-9-8(7)6-10-2;1-2-4-8-6-9-5-7(8)3-1;2*1-2/h4-6,10,17H,1,3,16H2,2H3;3-5,8-9H,6H2,1-2H3;1-4,9H,5-6H2;2*1-2H3. The van der Waals surface area contributed by atoms with Gasteiger partial charge >= 0.3 is 6.18 Å². The molecule has 2 aromatic rings. The molecule has 6 nitrogen and oxygen atoms in total. The van der Waals surface area contributed by atoms with Gasteiger partial charge in [-0.1, -0.05) is 71.2 Å². The molecule has 0 bridgehead atoms. The highest BCUT2D eigenvalue weighted by Crippen LogP contribution is 2.29. The first-order chi connectivity index (χ1) is 19.5. The van der Waals surface area contributed by atoms with E-state index in [1.54, 1.807) is 14.0 Å². The lowest BCUT2D eigenvalue weighted by molar-refractivity contribution is -0.149. The number of nitrogens with one attached hydrogen (secondary N) is 3. The topological polar surface area (TPSA) is 88.1 Å². The van der Waals surface area contributed by atoms with E-state index >= 15 is 0 Å². The number of halogens is 3. The van der Waals surface area contributed by atoms with Crippen molar-refractivity contribution in [2.75, 3.05) is 13.7 Å². The monoisotopic (exact) mass is 575 g/mol. The molecular weight excluding hydrogens is 527 g/mol. The number of dihydropyridines is 1. The Labute approximate surface area is 244 Å². The summed E-state index contributed by atoms with van der Waals surface area (Å²) < 4.78 is 44.0. The van der Waals surface area contributed by atoms with Gasteiger partial charge in [0.05, 0.1) is 12.6 Å². The van der Waals surface area contributed by atoms with Gasteiger partial charge in [-0.3, -0.25) is 5.41 Å². The number of nitrogens with zero attached hydrogens (tertiary/aromatic N) is 1. The van der Waals surface area contributed by atoms with Crippen molar-refractivity contribution in [2.45, 2.75) is 72.9 Å². The van der Waals surface area contributed by atoms with Crippen molar-refractivity contribution in [1.82, 2.24) is 15.2 Å². The second kappa shape index (κ2) is 19.6. The van der Waals surface area contributed by atoms with E-state index in [0.717, 1.165) is 19.7 Å². The molecule has 0 aliphatic carbocycles. The maximum Gasteiger partial charge on any atom is 0.407 e. The number of fused-ring (bicyclic) bond motifs is 1. The predicted molar refractivity (Wildman–Crippen MR) is 165 cm³/mol. The zero-order valence-electron chi connectivity index (χ0n) is 25.5. The number of benzene rings is 1. The SMILES string of the molecule is C=CC(=C)n1cc(C)cc(C(N)C(F)(F)F)c1=N.CC.CC.COCC1NC=CC=C1C.c1ccc2c(c1)CNC2. The normalized spacial score (nSPS) is 15.3. The molecule has 3 heterocycles. The quantitative estimate of drug-likeness (QED) is 0.292. The fourth-order valence-electron chi connectivity index (χ4n) is 3.70. The molecule has 9 heteroatoms. The highest BCUT2D eigenvalue weighted by atomic mass is 19.4.